The average molecular weight is 170 g/mol. The molecule has 70 valence electrons. The van der Waals surface area contributed by atoms with Crippen LogP contribution in [0.5, 0.6) is 0 Å². The van der Waals surface area contributed by atoms with E-state index in [1.807, 2.05) is 6.92 Å². The molecule has 1 fully saturated rings. The second kappa shape index (κ2) is 4.04. The van der Waals surface area contributed by atoms with Gasteiger partial charge in [0.2, 0.25) is 0 Å². The molecule has 0 saturated heterocycles. The lowest BCUT2D eigenvalue weighted by molar-refractivity contribution is -0.131. The maximum Gasteiger partial charge on any atom is 0.164 e. The van der Waals surface area contributed by atoms with Crippen LogP contribution in [-0.2, 0) is 4.79 Å². The molecule has 2 nitrogen and oxygen atoms in total. The molecule has 1 saturated carbocycles. The Morgan fingerprint density at radius 2 is 2.17 bits per heavy atom. The molecule has 1 aliphatic rings. The molecule has 1 N–H and O–H groups in total. The van der Waals surface area contributed by atoms with E-state index in [0.29, 0.717) is 0 Å². The fourth-order valence-corrected chi connectivity index (χ4v) is 1.51. The molecule has 0 spiro atoms. The lowest BCUT2D eigenvalue weighted by Gasteiger charge is -2.13. The largest absolute Gasteiger partial charge is 0.385 e. The number of carbonyl (C=O) groups is 1. The van der Waals surface area contributed by atoms with Crippen LogP contribution >= 0.6 is 0 Å². The SMILES string of the molecule is CCCC(C)C(=O)C(O)C1CC1. The zero-order valence-corrected chi connectivity index (χ0v) is 7.92. The van der Waals surface area contributed by atoms with E-state index >= 15 is 0 Å². The summed E-state index contributed by atoms with van der Waals surface area (Å²) >= 11 is 0. The van der Waals surface area contributed by atoms with Gasteiger partial charge in [0.15, 0.2) is 5.78 Å². The summed E-state index contributed by atoms with van der Waals surface area (Å²) in [6, 6.07) is 0. The first-order valence-electron chi connectivity index (χ1n) is 4.88. The van der Waals surface area contributed by atoms with E-state index in [2.05, 4.69) is 6.92 Å². The maximum atomic E-state index is 11.5. The van der Waals surface area contributed by atoms with Crippen molar-refractivity contribution in [2.45, 2.75) is 45.6 Å². The Morgan fingerprint density at radius 3 is 2.58 bits per heavy atom. The van der Waals surface area contributed by atoms with E-state index in [1.165, 1.54) is 0 Å². The molecule has 12 heavy (non-hydrogen) atoms. The number of hydrogen-bond donors (Lipinski definition) is 1. The first-order chi connectivity index (χ1) is 5.66. The fraction of sp³-hybridized carbons (Fsp3) is 0.900. The highest BCUT2D eigenvalue weighted by Crippen LogP contribution is 2.34. The molecular formula is C10H18O2. The smallest absolute Gasteiger partial charge is 0.164 e. The minimum absolute atomic E-state index is 0.0469. The Kier molecular flexibility index (Phi) is 3.27. The zero-order chi connectivity index (χ0) is 9.14. The summed E-state index contributed by atoms with van der Waals surface area (Å²) in [6.07, 6.45) is 3.33. The summed E-state index contributed by atoms with van der Waals surface area (Å²) in [4.78, 5) is 11.5. The average Bonchev–Trinajstić information content (AvgIpc) is 2.84. The fourth-order valence-electron chi connectivity index (χ4n) is 1.51. The monoisotopic (exact) mass is 170 g/mol. The number of Topliss-reactive ketones (excluding diaryl/α,β-unsaturated/α-hetero) is 1. The Labute approximate surface area is 74.0 Å². The minimum Gasteiger partial charge on any atom is -0.385 e. The Hall–Kier alpha value is -0.370. The standard InChI is InChI=1S/C10H18O2/c1-3-4-7(2)9(11)10(12)8-5-6-8/h7-8,10,12H,3-6H2,1-2H3. The lowest BCUT2D eigenvalue weighted by atomic mass is 9.95. The second-order valence-corrected chi connectivity index (χ2v) is 3.87. The van der Waals surface area contributed by atoms with Gasteiger partial charge in [0, 0.05) is 5.92 Å². The number of carbonyl (C=O) groups excluding carboxylic acids is 1. The molecule has 0 bridgehead atoms. The number of aliphatic hydroxyl groups excluding tert-OH is 1. The van der Waals surface area contributed by atoms with Crippen molar-refractivity contribution in [3.8, 4) is 0 Å². The van der Waals surface area contributed by atoms with Crippen molar-refractivity contribution in [1.82, 2.24) is 0 Å². The second-order valence-electron chi connectivity index (χ2n) is 3.87. The summed E-state index contributed by atoms with van der Waals surface area (Å²) in [5, 5.41) is 9.50. The van der Waals surface area contributed by atoms with Crippen LogP contribution in [-0.4, -0.2) is 17.0 Å². The van der Waals surface area contributed by atoms with Crippen molar-refractivity contribution >= 4 is 5.78 Å². The molecule has 1 rings (SSSR count). The minimum atomic E-state index is -0.661. The van der Waals surface area contributed by atoms with Gasteiger partial charge >= 0.3 is 0 Å². The van der Waals surface area contributed by atoms with Crippen molar-refractivity contribution in [3.63, 3.8) is 0 Å². The van der Waals surface area contributed by atoms with Crippen molar-refractivity contribution in [1.29, 1.82) is 0 Å². The van der Waals surface area contributed by atoms with Gasteiger partial charge in [-0.1, -0.05) is 20.3 Å². The molecule has 0 aromatic heterocycles. The summed E-state index contributed by atoms with van der Waals surface area (Å²) < 4.78 is 0. The normalized spacial score (nSPS) is 21.9. The highest BCUT2D eigenvalue weighted by Gasteiger charge is 2.35. The van der Waals surface area contributed by atoms with Crippen molar-refractivity contribution < 1.29 is 9.90 Å². The van der Waals surface area contributed by atoms with Crippen LogP contribution in [0.4, 0.5) is 0 Å². The van der Waals surface area contributed by atoms with Gasteiger partial charge in [0.25, 0.3) is 0 Å². The summed E-state index contributed by atoms with van der Waals surface area (Å²) in [7, 11) is 0. The zero-order valence-electron chi connectivity index (χ0n) is 7.92. The summed E-state index contributed by atoms with van der Waals surface area (Å²) in [5.74, 6) is 0.391. The first-order valence-corrected chi connectivity index (χ1v) is 4.88. The molecule has 0 aromatic carbocycles. The third-order valence-electron chi connectivity index (χ3n) is 2.57. The molecule has 2 atom stereocenters. The Morgan fingerprint density at radius 1 is 1.58 bits per heavy atom. The molecule has 2 heteroatoms. The third-order valence-corrected chi connectivity index (χ3v) is 2.57. The predicted molar refractivity (Wildman–Crippen MR) is 47.8 cm³/mol. The van der Waals surface area contributed by atoms with E-state index in [-0.39, 0.29) is 17.6 Å². The molecule has 0 heterocycles. The highest BCUT2D eigenvalue weighted by atomic mass is 16.3. The predicted octanol–water partition coefficient (Wildman–Crippen LogP) is 1.76. The maximum absolute atomic E-state index is 11.5. The molecule has 2 unspecified atom stereocenters. The van der Waals surface area contributed by atoms with Gasteiger partial charge in [-0.2, -0.15) is 0 Å². The summed E-state index contributed by atoms with van der Waals surface area (Å²) in [5.41, 5.74) is 0. The van der Waals surface area contributed by atoms with Gasteiger partial charge in [-0.3, -0.25) is 4.79 Å². The topological polar surface area (TPSA) is 37.3 Å². The van der Waals surface area contributed by atoms with E-state index in [0.717, 1.165) is 25.7 Å². The lowest BCUT2D eigenvalue weighted by Crippen LogP contribution is -2.28. The number of ketones is 1. The van der Waals surface area contributed by atoms with Crippen molar-refractivity contribution in [2.75, 3.05) is 0 Å². The highest BCUT2D eigenvalue weighted by molar-refractivity contribution is 5.85. The van der Waals surface area contributed by atoms with E-state index < -0.39 is 6.10 Å². The number of hydrogen-bond acceptors (Lipinski definition) is 2. The molecular weight excluding hydrogens is 152 g/mol. The molecule has 0 amide bonds. The van der Waals surface area contributed by atoms with Gasteiger partial charge < -0.3 is 5.11 Å². The van der Waals surface area contributed by atoms with Crippen LogP contribution in [0.2, 0.25) is 0 Å². The van der Waals surface area contributed by atoms with Crippen LogP contribution in [0.15, 0.2) is 0 Å². The van der Waals surface area contributed by atoms with Crippen LogP contribution in [0.25, 0.3) is 0 Å². The van der Waals surface area contributed by atoms with Crippen LogP contribution < -0.4 is 0 Å². The van der Waals surface area contributed by atoms with Crippen molar-refractivity contribution in [3.05, 3.63) is 0 Å². The van der Waals surface area contributed by atoms with Gasteiger partial charge in [-0.25, -0.2) is 0 Å². The summed E-state index contributed by atoms with van der Waals surface area (Å²) in [6.45, 7) is 3.98. The first kappa shape index (κ1) is 9.72. The molecule has 1 aliphatic carbocycles. The molecule has 0 radical (unpaired) electrons. The Balaban J connectivity index is 2.33. The van der Waals surface area contributed by atoms with Gasteiger partial charge in [-0.05, 0) is 25.2 Å². The van der Waals surface area contributed by atoms with Crippen LogP contribution in [0.3, 0.4) is 0 Å². The number of rotatable bonds is 5. The van der Waals surface area contributed by atoms with E-state index in [9.17, 15) is 9.90 Å². The molecule has 0 aromatic rings. The van der Waals surface area contributed by atoms with Gasteiger partial charge in [0.1, 0.15) is 6.10 Å². The van der Waals surface area contributed by atoms with Crippen LogP contribution in [0.1, 0.15) is 39.5 Å². The quantitative estimate of drug-likeness (QED) is 0.682. The van der Waals surface area contributed by atoms with E-state index in [4.69, 9.17) is 0 Å². The van der Waals surface area contributed by atoms with E-state index in [1.54, 1.807) is 0 Å². The molecule has 0 aliphatic heterocycles. The van der Waals surface area contributed by atoms with Gasteiger partial charge in [0.05, 0.1) is 0 Å². The van der Waals surface area contributed by atoms with Crippen LogP contribution in [0, 0.1) is 11.8 Å². The third kappa shape index (κ3) is 2.31. The number of aliphatic hydroxyl groups is 1. The Bertz CT molecular complexity index is 161. The van der Waals surface area contributed by atoms with Crippen molar-refractivity contribution in [2.24, 2.45) is 11.8 Å². The van der Waals surface area contributed by atoms with Gasteiger partial charge in [-0.15, -0.1) is 0 Å².